The molecule has 0 aliphatic carbocycles. The SMILES string of the molecule is CCn1cc(CN2c3ccccc3NCC2C)cn1. The summed E-state index contributed by atoms with van der Waals surface area (Å²) in [6, 6.07) is 8.99. The summed E-state index contributed by atoms with van der Waals surface area (Å²) in [6.45, 7) is 7.19. The normalized spacial score (nSPS) is 18.0. The van der Waals surface area contributed by atoms with Crippen molar-refractivity contribution in [3.8, 4) is 0 Å². The van der Waals surface area contributed by atoms with Crippen LogP contribution in [0.15, 0.2) is 36.7 Å². The molecule has 1 unspecified atom stereocenters. The van der Waals surface area contributed by atoms with Crippen LogP contribution in [-0.2, 0) is 13.1 Å². The molecule has 2 aromatic rings. The Morgan fingerprint density at radius 1 is 1.37 bits per heavy atom. The van der Waals surface area contributed by atoms with E-state index in [2.05, 4.69) is 59.6 Å². The zero-order chi connectivity index (χ0) is 13.2. The number of benzene rings is 1. The van der Waals surface area contributed by atoms with Gasteiger partial charge < -0.3 is 10.2 Å². The highest BCUT2D eigenvalue weighted by Gasteiger charge is 2.22. The molecule has 1 aliphatic rings. The lowest BCUT2D eigenvalue weighted by Gasteiger charge is -2.37. The van der Waals surface area contributed by atoms with Crippen LogP contribution in [0, 0.1) is 0 Å². The molecule has 19 heavy (non-hydrogen) atoms. The largest absolute Gasteiger partial charge is 0.381 e. The van der Waals surface area contributed by atoms with Gasteiger partial charge in [0.2, 0.25) is 0 Å². The van der Waals surface area contributed by atoms with Gasteiger partial charge in [-0.25, -0.2) is 0 Å². The van der Waals surface area contributed by atoms with Crippen LogP contribution >= 0.6 is 0 Å². The van der Waals surface area contributed by atoms with Gasteiger partial charge in [0.15, 0.2) is 0 Å². The molecule has 0 radical (unpaired) electrons. The molecule has 0 fully saturated rings. The van der Waals surface area contributed by atoms with E-state index in [0.717, 1.165) is 19.6 Å². The van der Waals surface area contributed by atoms with Crippen LogP contribution in [-0.4, -0.2) is 22.4 Å². The second-order valence-corrected chi connectivity index (χ2v) is 5.08. The molecule has 2 heterocycles. The standard InChI is InChI=1S/C15H20N4/c1-3-18-10-13(9-17-18)11-19-12(2)8-16-14-6-4-5-7-15(14)19/h4-7,9-10,12,16H,3,8,11H2,1-2H3. The van der Waals surface area contributed by atoms with Gasteiger partial charge in [0.1, 0.15) is 0 Å². The highest BCUT2D eigenvalue weighted by Crippen LogP contribution is 2.32. The van der Waals surface area contributed by atoms with Gasteiger partial charge in [-0.2, -0.15) is 5.10 Å². The number of hydrogen-bond acceptors (Lipinski definition) is 3. The Labute approximate surface area is 114 Å². The van der Waals surface area contributed by atoms with Crippen molar-refractivity contribution in [2.45, 2.75) is 33.0 Å². The molecule has 1 aromatic heterocycles. The lowest BCUT2D eigenvalue weighted by molar-refractivity contribution is 0.638. The lowest BCUT2D eigenvalue weighted by atomic mass is 10.1. The molecule has 0 saturated carbocycles. The first-order valence-corrected chi connectivity index (χ1v) is 6.89. The number of nitrogens with zero attached hydrogens (tertiary/aromatic N) is 3. The first-order valence-electron chi connectivity index (χ1n) is 6.89. The average Bonchev–Trinajstić information content (AvgIpc) is 2.90. The van der Waals surface area contributed by atoms with Gasteiger partial charge in [-0.1, -0.05) is 12.1 Å². The Bertz CT molecular complexity index is 561. The molecular formula is C15H20N4. The Hall–Kier alpha value is -1.97. The number of aryl methyl sites for hydroxylation is 1. The topological polar surface area (TPSA) is 33.1 Å². The number of nitrogens with one attached hydrogen (secondary N) is 1. The van der Waals surface area contributed by atoms with Crippen LogP contribution in [0.5, 0.6) is 0 Å². The molecule has 0 bridgehead atoms. The summed E-state index contributed by atoms with van der Waals surface area (Å²) in [6.07, 6.45) is 4.11. The van der Waals surface area contributed by atoms with Crippen LogP contribution in [0.1, 0.15) is 19.4 Å². The van der Waals surface area contributed by atoms with E-state index in [1.807, 2.05) is 10.9 Å². The molecule has 0 spiro atoms. The Balaban J connectivity index is 1.87. The van der Waals surface area contributed by atoms with Gasteiger partial charge in [-0.05, 0) is 26.0 Å². The third-order valence-electron chi connectivity index (χ3n) is 3.70. The van der Waals surface area contributed by atoms with E-state index in [9.17, 15) is 0 Å². The van der Waals surface area contributed by atoms with Gasteiger partial charge in [-0.15, -0.1) is 0 Å². The van der Waals surface area contributed by atoms with Gasteiger partial charge in [0, 0.05) is 37.4 Å². The molecule has 4 heteroatoms. The smallest absolute Gasteiger partial charge is 0.0608 e. The van der Waals surface area contributed by atoms with Crippen molar-refractivity contribution in [2.24, 2.45) is 0 Å². The number of rotatable bonds is 3. The number of anilines is 2. The summed E-state index contributed by atoms with van der Waals surface area (Å²) in [5.41, 5.74) is 3.78. The molecule has 0 amide bonds. The summed E-state index contributed by atoms with van der Waals surface area (Å²) in [5, 5.41) is 7.84. The maximum absolute atomic E-state index is 4.36. The molecule has 1 N–H and O–H groups in total. The first kappa shape index (κ1) is 12.1. The number of aromatic nitrogens is 2. The van der Waals surface area contributed by atoms with E-state index in [0.29, 0.717) is 6.04 Å². The van der Waals surface area contributed by atoms with Crippen molar-refractivity contribution < 1.29 is 0 Å². The van der Waals surface area contributed by atoms with Crippen molar-refractivity contribution in [3.05, 3.63) is 42.2 Å². The van der Waals surface area contributed by atoms with Crippen molar-refractivity contribution in [2.75, 3.05) is 16.8 Å². The fourth-order valence-electron chi connectivity index (χ4n) is 2.58. The quantitative estimate of drug-likeness (QED) is 0.916. The minimum atomic E-state index is 0.486. The van der Waals surface area contributed by atoms with E-state index in [4.69, 9.17) is 0 Å². The summed E-state index contributed by atoms with van der Waals surface area (Å²) >= 11 is 0. The van der Waals surface area contributed by atoms with Gasteiger partial charge in [-0.3, -0.25) is 4.68 Å². The van der Waals surface area contributed by atoms with Gasteiger partial charge >= 0.3 is 0 Å². The Morgan fingerprint density at radius 2 is 2.21 bits per heavy atom. The zero-order valence-electron chi connectivity index (χ0n) is 11.5. The molecule has 4 nitrogen and oxygen atoms in total. The van der Waals surface area contributed by atoms with E-state index in [1.165, 1.54) is 16.9 Å². The summed E-state index contributed by atoms with van der Waals surface area (Å²) in [7, 11) is 0. The minimum absolute atomic E-state index is 0.486. The average molecular weight is 256 g/mol. The lowest BCUT2D eigenvalue weighted by Crippen LogP contribution is -2.41. The maximum Gasteiger partial charge on any atom is 0.0608 e. The third-order valence-corrected chi connectivity index (χ3v) is 3.70. The highest BCUT2D eigenvalue weighted by molar-refractivity contribution is 5.72. The van der Waals surface area contributed by atoms with Crippen LogP contribution in [0.4, 0.5) is 11.4 Å². The second kappa shape index (κ2) is 4.96. The first-order chi connectivity index (χ1) is 9.28. The van der Waals surface area contributed by atoms with E-state index < -0.39 is 0 Å². The zero-order valence-corrected chi connectivity index (χ0v) is 11.5. The Morgan fingerprint density at radius 3 is 3.00 bits per heavy atom. The molecule has 0 saturated heterocycles. The maximum atomic E-state index is 4.36. The van der Waals surface area contributed by atoms with Crippen LogP contribution < -0.4 is 10.2 Å². The van der Waals surface area contributed by atoms with Crippen molar-refractivity contribution in [1.82, 2.24) is 9.78 Å². The van der Waals surface area contributed by atoms with Gasteiger partial charge in [0.05, 0.1) is 17.6 Å². The molecule has 1 aliphatic heterocycles. The van der Waals surface area contributed by atoms with Crippen LogP contribution in [0.25, 0.3) is 0 Å². The fourth-order valence-corrected chi connectivity index (χ4v) is 2.58. The van der Waals surface area contributed by atoms with Crippen molar-refractivity contribution in [1.29, 1.82) is 0 Å². The van der Waals surface area contributed by atoms with Crippen molar-refractivity contribution in [3.63, 3.8) is 0 Å². The predicted octanol–water partition coefficient (Wildman–Crippen LogP) is 2.72. The molecule has 1 aromatic carbocycles. The van der Waals surface area contributed by atoms with Crippen LogP contribution in [0.2, 0.25) is 0 Å². The van der Waals surface area contributed by atoms with Crippen molar-refractivity contribution >= 4 is 11.4 Å². The molecule has 3 rings (SSSR count). The van der Waals surface area contributed by atoms with Gasteiger partial charge in [0.25, 0.3) is 0 Å². The minimum Gasteiger partial charge on any atom is -0.381 e. The summed E-state index contributed by atoms with van der Waals surface area (Å²) < 4.78 is 1.98. The molecular weight excluding hydrogens is 236 g/mol. The predicted molar refractivity (Wildman–Crippen MR) is 78.5 cm³/mol. The number of fused-ring (bicyclic) bond motifs is 1. The highest BCUT2D eigenvalue weighted by atomic mass is 15.3. The molecule has 100 valence electrons. The summed E-state index contributed by atoms with van der Waals surface area (Å²) in [4.78, 5) is 2.45. The van der Waals surface area contributed by atoms with E-state index in [-0.39, 0.29) is 0 Å². The Kier molecular flexibility index (Phi) is 3.15. The van der Waals surface area contributed by atoms with E-state index in [1.54, 1.807) is 0 Å². The molecule has 1 atom stereocenters. The van der Waals surface area contributed by atoms with Crippen LogP contribution in [0.3, 0.4) is 0 Å². The number of hydrogen-bond donors (Lipinski definition) is 1. The third kappa shape index (κ3) is 2.30. The second-order valence-electron chi connectivity index (χ2n) is 5.08. The fraction of sp³-hybridized carbons (Fsp3) is 0.400. The van der Waals surface area contributed by atoms with E-state index >= 15 is 0 Å². The monoisotopic (exact) mass is 256 g/mol. The number of para-hydroxylation sites is 2. The summed E-state index contributed by atoms with van der Waals surface area (Å²) in [5.74, 6) is 0.